The number of benzene rings is 1. The molecule has 1 N–H and O–H groups in total. The van der Waals surface area contributed by atoms with Crippen molar-refractivity contribution >= 4 is 5.91 Å². The molecule has 1 aromatic rings. The molecule has 1 aliphatic rings. The third kappa shape index (κ3) is 3.30. The molecule has 0 unspecified atom stereocenters. The zero-order chi connectivity index (χ0) is 12.1. The van der Waals surface area contributed by atoms with Gasteiger partial charge in [-0.2, -0.15) is 0 Å². The summed E-state index contributed by atoms with van der Waals surface area (Å²) in [4.78, 5) is 13.5. The molecule has 0 aliphatic carbocycles. The lowest BCUT2D eigenvalue weighted by atomic mass is 9.89. The van der Waals surface area contributed by atoms with Crippen LogP contribution in [0, 0.1) is 0 Å². The van der Waals surface area contributed by atoms with Gasteiger partial charge in [0.15, 0.2) is 0 Å². The Hall–Kier alpha value is -1.35. The molecule has 0 aromatic heterocycles. The molecule has 1 aliphatic heterocycles. The van der Waals surface area contributed by atoms with Gasteiger partial charge in [-0.3, -0.25) is 9.69 Å². The molecule has 92 valence electrons. The van der Waals surface area contributed by atoms with E-state index in [1.165, 1.54) is 5.56 Å². The number of nitrogens with zero attached hydrogens (tertiary/aromatic N) is 1. The van der Waals surface area contributed by atoms with Crippen molar-refractivity contribution < 1.29 is 4.79 Å². The van der Waals surface area contributed by atoms with E-state index in [-0.39, 0.29) is 5.91 Å². The summed E-state index contributed by atoms with van der Waals surface area (Å²) in [6.07, 6.45) is 2.31. The lowest BCUT2D eigenvalue weighted by Gasteiger charge is -2.31. The minimum absolute atomic E-state index is 0.114. The maximum absolute atomic E-state index is 11.3. The molecule has 0 radical (unpaired) electrons. The van der Waals surface area contributed by atoms with Crippen LogP contribution in [-0.4, -0.2) is 37.5 Å². The van der Waals surface area contributed by atoms with E-state index < -0.39 is 0 Å². The van der Waals surface area contributed by atoms with Crippen molar-refractivity contribution in [3.63, 3.8) is 0 Å². The Bertz CT molecular complexity index is 356. The van der Waals surface area contributed by atoms with Gasteiger partial charge in [-0.15, -0.1) is 0 Å². The smallest absolute Gasteiger partial charge is 0.233 e. The third-order valence-corrected chi connectivity index (χ3v) is 3.50. The number of carbonyl (C=O) groups is 1. The number of hydrogen-bond donors (Lipinski definition) is 1. The van der Waals surface area contributed by atoms with E-state index in [0.717, 1.165) is 25.9 Å². The van der Waals surface area contributed by atoms with E-state index in [2.05, 4.69) is 40.5 Å². The first-order valence-electron chi connectivity index (χ1n) is 6.27. The first-order valence-corrected chi connectivity index (χ1v) is 6.27. The summed E-state index contributed by atoms with van der Waals surface area (Å²) in [6, 6.07) is 10.7. The second-order valence-corrected chi connectivity index (χ2v) is 4.63. The number of hydrogen-bond acceptors (Lipinski definition) is 2. The lowest BCUT2D eigenvalue weighted by Crippen LogP contribution is -2.40. The van der Waals surface area contributed by atoms with Crippen LogP contribution in [0.5, 0.6) is 0 Å². The van der Waals surface area contributed by atoms with Crippen molar-refractivity contribution in [2.75, 3.05) is 26.7 Å². The first-order chi connectivity index (χ1) is 8.29. The van der Waals surface area contributed by atoms with Crippen molar-refractivity contribution in [2.45, 2.75) is 18.8 Å². The van der Waals surface area contributed by atoms with Crippen LogP contribution in [0.3, 0.4) is 0 Å². The Kier molecular flexibility index (Phi) is 4.15. The summed E-state index contributed by atoms with van der Waals surface area (Å²) < 4.78 is 0. The molecule has 0 bridgehead atoms. The second-order valence-electron chi connectivity index (χ2n) is 4.63. The molecule has 2 rings (SSSR count). The molecule has 1 amide bonds. The minimum Gasteiger partial charge on any atom is -0.358 e. The second kappa shape index (κ2) is 5.82. The van der Waals surface area contributed by atoms with Crippen LogP contribution in [-0.2, 0) is 4.79 Å². The van der Waals surface area contributed by atoms with Crippen molar-refractivity contribution in [3.05, 3.63) is 35.9 Å². The fourth-order valence-electron chi connectivity index (χ4n) is 2.43. The number of rotatable bonds is 3. The van der Waals surface area contributed by atoms with Gasteiger partial charge in [-0.1, -0.05) is 30.3 Å². The molecule has 0 saturated carbocycles. The summed E-state index contributed by atoms with van der Waals surface area (Å²) >= 11 is 0. The maximum Gasteiger partial charge on any atom is 0.233 e. The number of piperidine rings is 1. The maximum atomic E-state index is 11.3. The highest BCUT2D eigenvalue weighted by Gasteiger charge is 2.21. The Labute approximate surface area is 103 Å². The van der Waals surface area contributed by atoms with Gasteiger partial charge < -0.3 is 5.32 Å². The zero-order valence-electron chi connectivity index (χ0n) is 10.4. The fraction of sp³-hybridized carbons (Fsp3) is 0.500. The van der Waals surface area contributed by atoms with Crippen LogP contribution in [0.25, 0.3) is 0 Å². The highest BCUT2D eigenvalue weighted by Crippen LogP contribution is 2.27. The van der Waals surface area contributed by atoms with Gasteiger partial charge in [-0.25, -0.2) is 0 Å². The van der Waals surface area contributed by atoms with Crippen molar-refractivity contribution in [1.82, 2.24) is 10.2 Å². The Morgan fingerprint density at radius 3 is 2.53 bits per heavy atom. The number of carbonyl (C=O) groups excluding carboxylic acids is 1. The summed E-state index contributed by atoms with van der Waals surface area (Å²) in [5, 5.41) is 2.67. The van der Waals surface area contributed by atoms with E-state index >= 15 is 0 Å². The number of likely N-dealkylation sites (tertiary alicyclic amines) is 1. The SMILES string of the molecule is CNC(=O)CN1CCC(c2ccccc2)CC1. The lowest BCUT2D eigenvalue weighted by molar-refractivity contribution is -0.122. The molecule has 17 heavy (non-hydrogen) atoms. The number of amides is 1. The molecule has 1 heterocycles. The van der Waals surface area contributed by atoms with E-state index in [1.54, 1.807) is 7.05 Å². The Morgan fingerprint density at radius 1 is 1.29 bits per heavy atom. The topological polar surface area (TPSA) is 32.3 Å². The average molecular weight is 232 g/mol. The molecule has 3 nitrogen and oxygen atoms in total. The quantitative estimate of drug-likeness (QED) is 0.858. The molecule has 0 spiro atoms. The van der Waals surface area contributed by atoms with Crippen LogP contribution in [0.15, 0.2) is 30.3 Å². The third-order valence-electron chi connectivity index (χ3n) is 3.50. The number of nitrogens with one attached hydrogen (secondary N) is 1. The summed E-state index contributed by atoms with van der Waals surface area (Å²) in [5.41, 5.74) is 1.44. The van der Waals surface area contributed by atoms with Gasteiger partial charge in [0.05, 0.1) is 6.54 Å². The van der Waals surface area contributed by atoms with Gasteiger partial charge in [0.1, 0.15) is 0 Å². The summed E-state index contributed by atoms with van der Waals surface area (Å²) in [5.74, 6) is 0.778. The molecule has 3 heteroatoms. The molecule has 1 fully saturated rings. The Balaban J connectivity index is 1.84. The van der Waals surface area contributed by atoms with Crippen LogP contribution >= 0.6 is 0 Å². The monoisotopic (exact) mass is 232 g/mol. The predicted molar refractivity (Wildman–Crippen MR) is 68.9 cm³/mol. The molecule has 1 saturated heterocycles. The molecule has 0 atom stereocenters. The van der Waals surface area contributed by atoms with Crippen LogP contribution in [0.2, 0.25) is 0 Å². The van der Waals surface area contributed by atoms with Gasteiger partial charge in [-0.05, 0) is 37.4 Å². The van der Waals surface area contributed by atoms with Crippen LogP contribution in [0.4, 0.5) is 0 Å². The highest BCUT2D eigenvalue weighted by atomic mass is 16.1. The van der Waals surface area contributed by atoms with Crippen LogP contribution in [0.1, 0.15) is 24.3 Å². The van der Waals surface area contributed by atoms with Gasteiger partial charge in [0.25, 0.3) is 0 Å². The number of likely N-dealkylation sites (N-methyl/N-ethyl adjacent to an activating group) is 1. The largest absolute Gasteiger partial charge is 0.358 e. The summed E-state index contributed by atoms with van der Waals surface area (Å²) in [6.45, 7) is 2.58. The van der Waals surface area contributed by atoms with E-state index in [9.17, 15) is 4.79 Å². The molecular formula is C14H20N2O. The molecular weight excluding hydrogens is 212 g/mol. The fourth-order valence-corrected chi connectivity index (χ4v) is 2.43. The van der Waals surface area contributed by atoms with Crippen molar-refractivity contribution in [3.8, 4) is 0 Å². The van der Waals surface area contributed by atoms with Crippen LogP contribution < -0.4 is 5.32 Å². The predicted octanol–water partition coefficient (Wildman–Crippen LogP) is 1.61. The van der Waals surface area contributed by atoms with E-state index in [1.807, 2.05) is 0 Å². The molecule has 1 aromatic carbocycles. The van der Waals surface area contributed by atoms with Crippen molar-refractivity contribution in [1.29, 1.82) is 0 Å². The van der Waals surface area contributed by atoms with Gasteiger partial charge >= 0.3 is 0 Å². The standard InChI is InChI=1S/C14H20N2O/c1-15-14(17)11-16-9-7-13(8-10-16)12-5-3-2-4-6-12/h2-6,13H,7-11H2,1H3,(H,15,17). The zero-order valence-corrected chi connectivity index (χ0v) is 10.4. The summed E-state index contributed by atoms with van der Waals surface area (Å²) in [7, 11) is 1.69. The first kappa shape index (κ1) is 12.1. The normalized spacial score (nSPS) is 17.9. The van der Waals surface area contributed by atoms with Gasteiger partial charge in [0.2, 0.25) is 5.91 Å². The minimum atomic E-state index is 0.114. The highest BCUT2D eigenvalue weighted by molar-refractivity contribution is 5.77. The van der Waals surface area contributed by atoms with E-state index in [4.69, 9.17) is 0 Å². The van der Waals surface area contributed by atoms with Gasteiger partial charge in [0, 0.05) is 7.05 Å². The average Bonchev–Trinajstić information content (AvgIpc) is 2.40. The van der Waals surface area contributed by atoms with Crippen molar-refractivity contribution in [2.24, 2.45) is 0 Å². The van der Waals surface area contributed by atoms with E-state index in [0.29, 0.717) is 12.5 Å². The Morgan fingerprint density at radius 2 is 1.94 bits per heavy atom.